The molecule has 1 aliphatic heterocycles. The molecule has 0 bridgehead atoms. The largest absolute Gasteiger partial charge is 0.480 e. The highest BCUT2D eigenvalue weighted by molar-refractivity contribution is 5.99. The number of aliphatic carboxylic acids is 2. The number of carbonyl (C=O) groups excluding carboxylic acids is 1. The Balaban J connectivity index is 2.07. The lowest BCUT2D eigenvalue weighted by Gasteiger charge is -2.25. The molecule has 1 aromatic carbocycles. The molecule has 166 valence electrons. The monoisotopic (exact) mass is 419 g/mol. The van der Waals surface area contributed by atoms with Gasteiger partial charge in [-0.25, -0.2) is 0 Å². The molecule has 1 aromatic rings. The van der Waals surface area contributed by atoms with Crippen LogP contribution in [0.3, 0.4) is 0 Å². The lowest BCUT2D eigenvalue weighted by Crippen LogP contribution is -2.40. The zero-order chi connectivity index (χ0) is 22.3. The molecule has 1 saturated heterocycles. The van der Waals surface area contributed by atoms with Crippen LogP contribution in [0.1, 0.15) is 36.7 Å². The van der Waals surface area contributed by atoms with E-state index in [1.54, 1.807) is 0 Å². The highest BCUT2D eigenvalue weighted by Crippen LogP contribution is 2.21. The van der Waals surface area contributed by atoms with Crippen LogP contribution >= 0.6 is 0 Å². The number of Topliss-reactive ketones (excluding diaryl/α,β-unsaturated/α-hetero) is 1. The molecule has 1 heterocycles. The molecule has 0 aliphatic carbocycles. The average Bonchev–Trinajstić information content (AvgIpc) is 2.73. The first kappa shape index (κ1) is 24.0. The van der Waals surface area contributed by atoms with Gasteiger partial charge in [0.2, 0.25) is 0 Å². The van der Waals surface area contributed by atoms with E-state index in [4.69, 9.17) is 10.2 Å². The van der Waals surface area contributed by atoms with Crippen LogP contribution in [0.2, 0.25) is 0 Å². The molecule has 8 nitrogen and oxygen atoms in total. The second-order valence-corrected chi connectivity index (χ2v) is 8.89. The fourth-order valence-corrected chi connectivity index (χ4v) is 3.49. The van der Waals surface area contributed by atoms with Crippen LogP contribution < -0.4 is 0 Å². The summed E-state index contributed by atoms with van der Waals surface area (Å²) in [5.41, 5.74) is 1.33. The van der Waals surface area contributed by atoms with Gasteiger partial charge < -0.3 is 10.2 Å². The number of nitrogens with zero attached hydrogens (tertiary/aromatic N) is 3. The molecule has 1 fully saturated rings. The highest BCUT2D eigenvalue weighted by Gasteiger charge is 2.23. The van der Waals surface area contributed by atoms with Gasteiger partial charge in [0.25, 0.3) is 0 Å². The van der Waals surface area contributed by atoms with Gasteiger partial charge >= 0.3 is 11.9 Å². The van der Waals surface area contributed by atoms with Gasteiger partial charge in [0.15, 0.2) is 5.78 Å². The minimum absolute atomic E-state index is 0.0572. The number of hydrogen-bond donors (Lipinski definition) is 2. The predicted octanol–water partition coefficient (Wildman–Crippen LogP) is 1.50. The standard InChI is InChI=1S/C22H33N3O5/c1-22(2,3)21(30)18-6-4-17(5-7-18)14-23-8-10-24(15-19(26)27)12-13-25(11-9-23)16-20(28)29/h4-7H,8-16H2,1-3H3,(H,26,27)(H,28,29). The fraction of sp³-hybridized carbons (Fsp3) is 0.591. The Labute approximate surface area is 178 Å². The van der Waals surface area contributed by atoms with E-state index < -0.39 is 17.4 Å². The summed E-state index contributed by atoms with van der Waals surface area (Å²) in [5, 5.41) is 18.3. The van der Waals surface area contributed by atoms with Crippen molar-refractivity contribution in [3.8, 4) is 0 Å². The third-order valence-corrected chi connectivity index (χ3v) is 5.22. The van der Waals surface area contributed by atoms with Gasteiger partial charge in [0.1, 0.15) is 0 Å². The molecular weight excluding hydrogens is 386 g/mol. The lowest BCUT2D eigenvalue weighted by molar-refractivity contribution is -0.140. The lowest BCUT2D eigenvalue weighted by atomic mass is 9.86. The molecule has 8 heteroatoms. The Bertz CT molecular complexity index is 714. The van der Waals surface area contributed by atoms with E-state index in [1.165, 1.54) is 0 Å². The van der Waals surface area contributed by atoms with Gasteiger partial charge in [-0.2, -0.15) is 0 Å². The quantitative estimate of drug-likeness (QED) is 0.642. The minimum Gasteiger partial charge on any atom is -0.480 e. The first-order valence-corrected chi connectivity index (χ1v) is 10.3. The van der Waals surface area contributed by atoms with Crippen LogP contribution in [-0.4, -0.2) is 95.0 Å². The Morgan fingerprint density at radius 2 is 1.17 bits per heavy atom. The summed E-state index contributed by atoms with van der Waals surface area (Å²) in [6, 6.07) is 7.62. The van der Waals surface area contributed by atoms with Crippen LogP contribution in [-0.2, 0) is 16.1 Å². The maximum atomic E-state index is 12.4. The molecule has 0 aromatic heterocycles. The molecule has 0 atom stereocenters. The molecule has 0 unspecified atom stereocenters. The van der Waals surface area contributed by atoms with Crippen LogP contribution in [0, 0.1) is 5.41 Å². The predicted molar refractivity (Wildman–Crippen MR) is 114 cm³/mol. The SMILES string of the molecule is CC(C)(C)C(=O)c1ccc(CN2CCN(CC(=O)O)CCN(CC(=O)O)CC2)cc1. The molecule has 2 N–H and O–H groups in total. The van der Waals surface area contributed by atoms with E-state index in [-0.39, 0.29) is 18.9 Å². The number of ketones is 1. The van der Waals surface area contributed by atoms with Gasteiger partial charge in [-0.15, -0.1) is 0 Å². The van der Waals surface area contributed by atoms with Crippen molar-refractivity contribution in [2.45, 2.75) is 27.3 Å². The third-order valence-electron chi connectivity index (χ3n) is 5.22. The molecule has 30 heavy (non-hydrogen) atoms. The Hall–Kier alpha value is -2.29. The summed E-state index contributed by atoms with van der Waals surface area (Å²) in [7, 11) is 0. The minimum atomic E-state index is -0.885. The van der Waals surface area contributed by atoms with Crippen molar-refractivity contribution in [3.05, 3.63) is 35.4 Å². The number of carboxylic acids is 2. The second-order valence-electron chi connectivity index (χ2n) is 8.89. The van der Waals surface area contributed by atoms with Crippen molar-refractivity contribution < 1.29 is 24.6 Å². The summed E-state index contributed by atoms with van der Waals surface area (Å²) in [6.45, 7) is 9.89. The van der Waals surface area contributed by atoms with E-state index in [0.29, 0.717) is 51.4 Å². The molecule has 2 rings (SSSR count). The van der Waals surface area contributed by atoms with Gasteiger partial charge in [-0.1, -0.05) is 45.0 Å². The zero-order valence-electron chi connectivity index (χ0n) is 18.1. The molecule has 1 aliphatic rings. The summed E-state index contributed by atoms with van der Waals surface area (Å²) < 4.78 is 0. The molecule has 0 spiro atoms. The number of carbonyl (C=O) groups is 3. The van der Waals surface area contributed by atoms with E-state index in [9.17, 15) is 14.4 Å². The second kappa shape index (κ2) is 10.7. The van der Waals surface area contributed by atoms with Crippen molar-refractivity contribution >= 4 is 17.7 Å². The van der Waals surface area contributed by atoms with E-state index in [1.807, 2.05) is 54.8 Å². The van der Waals surface area contributed by atoms with E-state index in [0.717, 1.165) is 5.56 Å². The third kappa shape index (κ3) is 7.85. The van der Waals surface area contributed by atoms with Gasteiger partial charge in [-0.05, 0) is 5.56 Å². The van der Waals surface area contributed by atoms with E-state index >= 15 is 0 Å². The number of carboxylic acid groups (broad SMARTS) is 2. The summed E-state index contributed by atoms with van der Waals surface area (Å²) >= 11 is 0. The number of rotatable bonds is 7. The van der Waals surface area contributed by atoms with Gasteiger partial charge in [0, 0.05) is 56.8 Å². The normalized spacial score (nSPS) is 17.7. The topological polar surface area (TPSA) is 101 Å². The average molecular weight is 420 g/mol. The first-order chi connectivity index (χ1) is 14.0. The van der Waals surface area contributed by atoms with Crippen LogP contribution in [0.4, 0.5) is 0 Å². The number of benzene rings is 1. The Kier molecular flexibility index (Phi) is 8.52. The van der Waals surface area contributed by atoms with Crippen molar-refractivity contribution in [2.24, 2.45) is 5.41 Å². The van der Waals surface area contributed by atoms with Gasteiger partial charge in [-0.3, -0.25) is 29.1 Å². The first-order valence-electron chi connectivity index (χ1n) is 10.3. The molecule has 0 amide bonds. The molecule has 0 radical (unpaired) electrons. The van der Waals surface area contributed by atoms with Gasteiger partial charge in [0.05, 0.1) is 13.1 Å². The van der Waals surface area contributed by atoms with Crippen molar-refractivity contribution in [3.63, 3.8) is 0 Å². The summed E-state index contributed by atoms with van der Waals surface area (Å²) in [4.78, 5) is 40.6. The Morgan fingerprint density at radius 3 is 1.53 bits per heavy atom. The number of hydrogen-bond acceptors (Lipinski definition) is 6. The van der Waals surface area contributed by atoms with Crippen LogP contribution in [0.5, 0.6) is 0 Å². The summed E-state index contributed by atoms with van der Waals surface area (Å²) in [5.74, 6) is -1.67. The fourth-order valence-electron chi connectivity index (χ4n) is 3.49. The van der Waals surface area contributed by atoms with E-state index in [2.05, 4.69) is 4.90 Å². The maximum absolute atomic E-state index is 12.4. The zero-order valence-corrected chi connectivity index (χ0v) is 18.1. The van der Waals surface area contributed by atoms with Crippen LogP contribution in [0.15, 0.2) is 24.3 Å². The van der Waals surface area contributed by atoms with Crippen molar-refractivity contribution in [1.82, 2.24) is 14.7 Å². The maximum Gasteiger partial charge on any atom is 0.317 e. The van der Waals surface area contributed by atoms with Crippen molar-refractivity contribution in [1.29, 1.82) is 0 Å². The van der Waals surface area contributed by atoms with Crippen molar-refractivity contribution in [2.75, 3.05) is 52.4 Å². The summed E-state index contributed by atoms with van der Waals surface area (Å²) in [6.07, 6.45) is 0. The Morgan fingerprint density at radius 1 is 0.767 bits per heavy atom. The van der Waals surface area contributed by atoms with Crippen LogP contribution in [0.25, 0.3) is 0 Å². The molecular formula is C22H33N3O5. The molecule has 0 saturated carbocycles. The highest BCUT2D eigenvalue weighted by atomic mass is 16.4. The smallest absolute Gasteiger partial charge is 0.317 e.